The van der Waals surface area contributed by atoms with Gasteiger partial charge in [-0.25, -0.2) is 0 Å². The van der Waals surface area contributed by atoms with Crippen molar-refractivity contribution >= 4 is 23.2 Å². The Hall–Kier alpha value is -2.14. The molecule has 1 aromatic heterocycles. The number of amides is 2. The lowest BCUT2D eigenvalue weighted by molar-refractivity contribution is -0.123. The second-order valence-corrected chi connectivity index (χ2v) is 7.13. The van der Waals surface area contributed by atoms with E-state index in [0.717, 1.165) is 31.2 Å². The summed E-state index contributed by atoms with van der Waals surface area (Å²) in [6.07, 6.45) is 4.88. The minimum absolute atomic E-state index is 0.0874. The molecule has 1 unspecified atom stereocenters. The van der Waals surface area contributed by atoms with E-state index >= 15 is 0 Å². The Morgan fingerprint density at radius 1 is 1.08 bits per heavy atom. The number of hydrogen-bond donors (Lipinski definition) is 2. The van der Waals surface area contributed by atoms with Crippen molar-refractivity contribution in [3.05, 3.63) is 58.3 Å². The first-order chi connectivity index (χ1) is 11.7. The highest BCUT2D eigenvalue weighted by Crippen LogP contribution is 2.18. The Bertz CT molecular complexity index is 664. The Kier molecular flexibility index (Phi) is 5.64. The van der Waals surface area contributed by atoms with Gasteiger partial charge in [-0.1, -0.05) is 49.2 Å². The molecule has 0 aliphatic heterocycles. The molecule has 1 atom stereocenters. The fourth-order valence-corrected chi connectivity index (χ4v) is 3.69. The van der Waals surface area contributed by atoms with Gasteiger partial charge >= 0.3 is 0 Å². The molecule has 2 aromatic rings. The van der Waals surface area contributed by atoms with E-state index in [-0.39, 0.29) is 17.9 Å². The molecule has 0 spiro atoms. The van der Waals surface area contributed by atoms with Crippen molar-refractivity contribution in [2.75, 3.05) is 0 Å². The van der Waals surface area contributed by atoms with Crippen molar-refractivity contribution < 1.29 is 9.59 Å². The average molecular weight is 342 g/mol. The number of thiophene rings is 1. The monoisotopic (exact) mass is 342 g/mol. The van der Waals surface area contributed by atoms with E-state index in [1.807, 2.05) is 41.8 Å². The molecule has 4 nitrogen and oxygen atoms in total. The first-order valence-corrected chi connectivity index (χ1v) is 9.29. The second kappa shape index (κ2) is 8.11. The summed E-state index contributed by atoms with van der Waals surface area (Å²) in [4.78, 5) is 25.7. The summed E-state index contributed by atoms with van der Waals surface area (Å²) in [5.74, 6) is -0.275. The number of nitrogens with one attached hydrogen (secondary N) is 2. The lowest BCUT2D eigenvalue weighted by atomic mass is 10.0. The number of rotatable bonds is 6. The Balaban J connectivity index is 1.69. The van der Waals surface area contributed by atoms with Crippen LogP contribution in [0.15, 0.2) is 47.8 Å². The Morgan fingerprint density at radius 3 is 2.50 bits per heavy atom. The van der Waals surface area contributed by atoms with Crippen LogP contribution < -0.4 is 10.6 Å². The molecule has 1 heterocycles. The lowest BCUT2D eigenvalue weighted by Gasteiger charge is -2.21. The van der Waals surface area contributed by atoms with Gasteiger partial charge in [0.15, 0.2) is 0 Å². The predicted octanol–water partition coefficient (Wildman–Crippen LogP) is 3.15. The van der Waals surface area contributed by atoms with Crippen LogP contribution in [0.2, 0.25) is 0 Å². The summed E-state index contributed by atoms with van der Waals surface area (Å²) in [6.45, 7) is 0. The van der Waals surface area contributed by atoms with Crippen molar-refractivity contribution in [2.45, 2.75) is 44.2 Å². The quantitative estimate of drug-likeness (QED) is 0.847. The molecule has 1 saturated carbocycles. The summed E-state index contributed by atoms with van der Waals surface area (Å²) in [5.41, 5.74) is 1.04. The summed E-state index contributed by atoms with van der Waals surface area (Å²) in [5, 5.41) is 7.86. The van der Waals surface area contributed by atoms with E-state index in [1.54, 1.807) is 6.07 Å². The minimum Gasteiger partial charge on any atom is -0.352 e. The fraction of sp³-hybridized carbons (Fsp3) is 0.368. The minimum atomic E-state index is -0.553. The van der Waals surface area contributed by atoms with Crippen LogP contribution in [-0.2, 0) is 11.2 Å². The molecule has 0 saturated heterocycles. The molecular weight excluding hydrogens is 320 g/mol. The zero-order valence-electron chi connectivity index (χ0n) is 13.5. The SMILES string of the molecule is O=C(NC(Cc1ccccc1)C(=O)NC1CCCC1)c1cccs1. The number of carbonyl (C=O) groups is 2. The highest BCUT2D eigenvalue weighted by molar-refractivity contribution is 7.12. The number of benzene rings is 1. The third kappa shape index (κ3) is 4.45. The topological polar surface area (TPSA) is 58.2 Å². The van der Waals surface area contributed by atoms with Gasteiger partial charge in [-0.05, 0) is 29.9 Å². The van der Waals surface area contributed by atoms with Crippen LogP contribution in [0.25, 0.3) is 0 Å². The van der Waals surface area contributed by atoms with Crippen LogP contribution >= 0.6 is 11.3 Å². The van der Waals surface area contributed by atoms with Crippen LogP contribution in [0.4, 0.5) is 0 Å². The summed E-state index contributed by atoms with van der Waals surface area (Å²) < 4.78 is 0. The van der Waals surface area contributed by atoms with Crippen molar-refractivity contribution in [3.63, 3.8) is 0 Å². The molecule has 1 aromatic carbocycles. The smallest absolute Gasteiger partial charge is 0.262 e. The molecule has 126 valence electrons. The van der Waals surface area contributed by atoms with E-state index < -0.39 is 6.04 Å². The highest BCUT2D eigenvalue weighted by atomic mass is 32.1. The highest BCUT2D eigenvalue weighted by Gasteiger charge is 2.25. The van der Waals surface area contributed by atoms with Gasteiger partial charge in [0.05, 0.1) is 4.88 Å². The third-order valence-corrected chi connectivity index (χ3v) is 5.22. The lowest BCUT2D eigenvalue weighted by Crippen LogP contribution is -2.50. The van der Waals surface area contributed by atoms with Crippen molar-refractivity contribution in [3.8, 4) is 0 Å². The maximum atomic E-state index is 12.7. The van der Waals surface area contributed by atoms with E-state index in [9.17, 15) is 9.59 Å². The predicted molar refractivity (Wildman–Crippen MR) is 96.1 cm³/mol. The maximum Gasteiger partial charge on any atom is 0.262 e. The molecule has 0 bridgehead atoms. The van der Waals surface area contributed by atoms with Gasteiger partial charge < -0.3 is 10.6 Å². The van der Waals surface area contributed by atoms with Crippen LogP contribution in [-0.4, -0.2) is 23.9 Å². The van der Waals surface area contributed by atoms with E-state index in [0.29, 0.717) is 11.3 Å². The fourth-order valence-electron chi connectivity index (χ4n) is 3.07. The van der Waals surface area contributed by atoms with Gasteiger partial charge in [-0.3, -0.25) is 9.59 Å². The first kappa shape index (κ1) is 16.7. The van der Waals surface area contributed by atoms with E-state index in [4.69, 9.17) is 0 Å². The van der Waals surface area contributed by atoms with Crippen LogP contribution in [0.1, 0.15) is 40.9 Å². The zero-order valence-corrected chi connectivity index (χ0v) is 14.4. The van der Waals surface area contributed by atoms with Crippen molar-refractivity contribution in [2.24, 2.45) is 0 Å². The zero-order chi connectivity index (χ0) is 16.8. The van der Waals surface area contributed by atoms with Gasteiger partial charge in [-0.2, -0.15) is 0 Å². The summed E-state index contributed by atoms with van der Waals surface area (Å²) in [7, 11) is 0. The largest absolute Gasteiger partial charge is 0.352 e. The van der Waals surface area contributed by atoms with Gasteiger partial charge in [0.25, 0.3) is 5.91 Å². The molecular formula is C19H22N2O2S. The van der Waals surface area contributed by atoms with E-state index in [1.165, 1.54) is 11.3 Å². The molecule has 5 heteroatoms. The van der Waals surface area contributed by atoms with Crippen molar-refractivity contribution in [1.29, 1.82) is 0 Å². The Morgan fingerprint density at radius 2 is 1.83 bits per heavy atom. The number of hydrogen-bond acceptors (Lipinski definition) is 3. The van der Waals surface area contributed by atoms with E-state index in [2.05, 4.69) is 10.6 Å². The van der Waals surface area contributed by atoms with Gasteiger partial charge in [-0.15, -0.1) is 11.3 Å². The van der Waals surface area contributed by atoms with Crippen LogP contribution in [0.3, 0.4) is 0 Å². The molecule has 2 N–H and O–H groups in total. The summed E-state index contributed by atoms with van der Waals surface area (Å²) in [6, 6.07) is 13.1. The standard InChI is InChI=1S/C19H22N2O2S/c22-18(20-15-9-4-5-10-15)16(13-14-7-2-1-3-8-14)21-19(23)17-11-6-12-24-17/h1-3,6-8,11-12,15-16H,4-5,9-10,13H2,(H,20,22)(H,21,23). The second-order valence-electron chi connectivity index (χ2n) is 6.18. The normalized spacial score (nSPS) is 15.8. The first-order valence-electron chi connectivity index (χ1n) is 8.41. The molecule has 2 amide bonds. The van der Waals surface area contributed by atoms with Gasteiger partial charge in [0.1, 0.15) is 6.04 Å². The number of carbonyl (C=O) groups excluding carboxylic acids is 2. The van der Waals surface area contributed by atoms with Gasteiger partial charge in [0.2, 0.25) is 5.91 Å². The maximum absolute atomic E-state index is 12.7. The van der Waals surface area contributed by atoms with Crippen molar-refractivity contribution in [1.82, 2.24) is 10.6 Å². The Labute approximate surface area is 146 Å². The molecule has 0 radical (unpaired) electrons. The summed E-state index contributed by atoms with van der Waals surface area (Å²) >= 11 is 1.38. The molecule has 1 fully saturated rings. The van der Waals surface area contributed by atoms with Crippen LogP contribution in [0.5, 0.6) is 0 Å². The van der Waals surface area contributed by atoms with Gasteiger partial charge in [0, 0.05) is 12.5 Å². The molecule has 24 heavy (non-hydrogen) atoms. The average Bonchev–Trinajstić information content (AvgIpc) is 3.29. The van der Waals surface area contributed by atoms with Crippen LogP contribution in [0, 0.1) is 0 Å². The molecule has 1 aliphatic carbocycles. The third-order valence-electron chi connectivity index (χ3n) is 4.35. The molecule has 3 rings (SSSR count). The molecule has 1 aliphatic rings.